The number of carboxylic acids is 1. The van der Waals surface area contributed by atoms with E-state index in [4.69, 9.17) is 20.8 Å². The molecule has 0 radical (unpaired) electrons. The number of nitrogens with zero attached hydrogens (tertiary/aromatic N) is 7. The summed E-state index contributed by atoms with van der Waals surface area (Å²) >= 11 is 0. The molecular weight excluding hydrogens is 1210 g/mol. The van der Waals surface area contributed by atoms with Gasteiger partial charge >= 0.3 is 11.9 Å². The molecule has 0 spiro atoms. The normalized spacial score (nSPS) is 35.8. The summed E-state index contributed by atoms with van der Waals surface area (Å²) in [5.41, 5.74) is 13.5. The molecule has 3 heterocycles. The van der Waals surface area contributed by atoms with Crippen LogP contribution in [-0.2, 0) is 38.8 Å². The van der Waals surface area contributed by atoms with Crippen molar-refractivity contribution in [3.63, 3.8) is 0 Å². The van der Waals surface area contributed by atoms with Crippen molar-refractivity contribution in [1.29, 1.82) is 0 Å². The number of carbonyl (C=O) groups is 3. The fraction of sp³-hybridized carbons (Fsp3) is 0.774. The van der Waals surface area contributed by atoms with Gasteiger partial charge in [-0.25, -0.2) is 4.68 Å². The molecule has 9 aliphatic carbocycles. The number of amides is 1. The zero-order valence-corrected chi connectivity index (χ0v) is 61.5. The minimum atomic E-state index is -0.673. The van der Waals surface area contributed by atoms with Gasteiger partial charge in [0.15, 0.2) is 0 Å². The maximum absolute atomic E-state index is 13.8. The Labute approximate surface area is 587 Å². The summed E-state index contributed by atoms with van der Waals surface area (Å²) in [6, 6.07) is 13.8. The van der Waals surface area contributed by atoms with Crippen LogP contribution in [0.25, 0.3) is 44.3 Å². The summed E-state index contributed by atoms with van der Waals surface area (Å²) in [6.07, 6.45) is 44.4. The molecule has 536 valence electrons. The second kappa shape index (κ2) is 29.3. The maximum Gasteiger partial charge on any atom is 0.328 e. The van der Waals surface area contributed by atoms with Crippen molar-refractivity contribution in [1.82, 2.24) is 39.9 Å². The second-order valence-electron chi connectivity index (χ2n) is 36.0. The number of benzene rings is 2. The number of ether oxygens (including phenoxy) is 1. The van der Waals surface area contributed by atoms with Gasteiger partial charge in [-0.1, -0.05) is 147 Å². The molecule has 0 saturated heterocycles. The lowest BCUT2D eigenvalue weighted by atomic mass is 9.36. The minimum absolute atomic E-state index is 0.0302. The molecule has 1 amide bonds. The Morgan fingerprint density at radius 2 is 1.20 bits per heavy atom. The lowest BCUT2D eigenvalue weighted by Crippen LogP contribution is -2.62. The molecule has 0 bridgehead atoms. The quantitative estimate of drug-likeness (QED) is 0.0472. The number of nitrogens with two attached hydrogens (primary N) is 1. The van der Waals surface area contributed by atoms with Gasteiger partial charge in [0.2, 0.25) is 5.91 Å². The van der Waals surface area contributed by atoms with E-state index in [1.54, 1.807) is 4.68 Å². The van der Waals surface area contributed by atoms with E-state index in [1.165, 1.54) is 158 Å². The lowest BCUT2D eigenvalue weighted by Gasteiger charge is -2.69. The summed E-state index contributed by atoms with van der Waals surface area (Å²) in [5.74, 6) is 9.02. The van der Waals surface area contributed by atoms with E-state index in [2.05, 4.69) is 116 Å². The Hall–Kier alpha value is -5.11. The van der Waals surface area contributed by atoms with Gasteiger partial charge in [-0.3, -0.25) is 19.1 Å². The zero-order valence-electron chi connectivity index (χ0n) is 61.5. The topological polar surface area (TPSA) is 185 Å². The van der Waals surface area contributed by atoms with Crippen LogP contribution in [0.4, 0.5) is 0 Å². The van der Waals surface area contributed by atoms with Gasteiger partial charge in [-0.05, 0) is 264 Å². The van der Waals surface area contributed by atoms with Crippen LogP contribution in [0.2, 0.25) is 0 Å². The van der Waals surface area contributed by atoms with Crippen LogP contribution >= 0.6 is 0 Å². The van der Waals surface area contributed by atoms with Crippen molar-refractivity contribution in [2.24, 2.45) is 110 Å². The van der Waals surface area contributed by atoms with Crippen LogP contribution in [0.3, 0.4) is 0 Å². The molecule has 3 aromatic heterocycles. The lowest BCUT2D eigenvalue weighted by molar-refractivity contribution is -0.211. The highest BCUT2D eigenvalue weighted by Gasteiger charge is 2.65. The number of unbranched alkanes of at least 4 members (excludes halogenated alkanes) is 2. The number of rotatable bonds is 21. The van der Waals surface area contributed by atoms with Crippen molar-refractivity contribution in [2.75, 3.05) is 6.54 Å². The number of aryl methyl sites for hydroxylation is 1. The number of hydrogen-bond donors (Lipinski definition) is 3. The third-order valence-electron chi connectivity index (χ3n) is 30.8. The summed E-state index contributed by atoms with van der Waals surface area (Å²) in [4.78, 5) is 38.8. The maximum atomic E-state index is 13.8. The van der Waals surface area contributed by atoms with E-state index in [1.807, 2.05) is 6.20 Å². The Morgan fingerprint density at radius 1 is 0.602 bits per heavy atom. The average molecular weight is 1340 g/mol. The van der Waals surface area contributed by atoms with Gasteiger partial charge in [0.25, 0.3) is 0 Å². The summed E-state index contributed by atoms with van der Waals surface area (Å²) in [7, 11) is 0. The molecule has 13 unspecified atom stereocenters. The van der Waals surface area contributed by atoms with Gasteiger partial charge in [0.1, 0.15) is 24.0 Å². The van der Waals surface area contributed by atoms with Crippen LogP contribution < -0.4 is 11.1 Å². The highest BCUT2D eigenvalue weighted by Crippen LogP contribution is 2.73. The SMILES string of the molecule is C[C@H](CCC(=O)NC1CCCCCCCCCCC1)C1CCC2C3CCC4CC(Cn5cc(-c6ccc7c8ccc(-c9cn(CC(=O)OC%10CCC%11(C)C%12CCC%13(C)C([C@H](C)CCC(=O)O)C[C@H]%13[C@@H]%12C[C@H](C)[C@@H]%11C%10)nn9)cc8n(CCCCCN)c7c6)nn5)CCC4(C)C3CCC21C. The fourth-order valence-corrected chi connectivity index (χ4v) is 25.4. The number of carboxylic acid groups (broad SMARTS) is 1. The van der Waals surface area contributed by atoms with Crippen LogP contribution in [0, 0.1) is 105 Å². The molecule has 2 aromatic carbocycles. The number of aromatic nitrogens is 7. The predicted molar refractivity (Wildman–Crippen MR) is 391 cm³/mol. The van der Waals surface area contributed by atoms with Gasteiger partial charge in [-0.15, -0.1) is 10.2 Å². The van der Waals surface area contributed by atoms with Gasteiger partial charge in [-0.2, -0.15) is 0 Å². The molecule has 14 nitrogen and oxygen atoms in total. The number of hydrogen-bond acceptors (Lipinski definition) is 9. The molecule has 0 aliphatic heterocycles. The average Bonchev–Trinajstić information content (AvgIpc) is 0.980. The van der Waals surface area contributed by atoms with Crippen molar-refractivity contribution in [3.05, 3.63) is 48.8 Å². The van der Waals surface area contributed by atoms with E-state index < -0.39 is 5.97 Å². The first-order chi connectivity index (χ1) is 47.3. The first-order valence-corrected chi connectivity index (χ1v) is 40.6. The van der Waals surface area contributed by atoms with Crippen molar-refractivity contribution < 1.29 is 24.2 Å². The standard InChI is InChI=1S/C84H125N9O5/c1-54(22-32-78(94)86-61-20-16-13-11-9-8-10-12-14-17-21-61)67-30-31-68-65-29-26-60-45-57(34-38-81(60,4)69(65)36-40-82(67,68)5)50-91-51-74(87-89-91)58-24-27-63-64-28-25-59(47-77(64)93(76(63)46-58)43-19-15-18-42-85)75-52-92(90-88-75)53-80(97)98-62-35-39-83(6)70-37-41-84(7)72(55(2)23-33-79(95)96)49-73(84)66(70)44-56(3)71(83)48-62/h24-25,27-28,46-47,51-52,54-57,60-62,65-73H,8-23,26,29-45,48-50,53,85H2,1-7H3,(H,86,94)(H,95,96)/t54-,55-,56+,57?,60?,62?,65?,66-,67?,68?,69?,70?,71+,72?,73+,81?,82?,83?,84?/m1/s1. The van der Waals surface area contributed by atoms with Crippen LogP contribution in [0.1, 0.15) is 267 Å². The molecule has 19 atom stereocenters. The van der Waals surface area contributed by atoms with Crippen molar-refractivity contribution in [2.45, 2.75) is 299 Å². The van der Waals surface area contributed by atoms with Crippen molar-refractivity contribution in [3.8, 4) is 22.5 Å². The highest BCUT2D eigenvalue weighted by atomic mass is 16.5. The van der Waals surface area contributed by atoms with Gasteiger partial charge < -0.3 is 25.5 Å². The molecule has 9 saturated carbocycles. The number of fused-ring (bicyclic) bond motifs is 13. The van der Waals surface area contributed by atoms with E-state index in [9.17, 15) is 19.5 Å². The first kappa shape index (κ1) is 70.0. The van der Waals surface area contributed by atoms with Crippen LogP contribution in [-0.4, -0.2) is 76.2 Å². The molecule has 14 rings (SSSR count). The number of aliphatic carboxylic acids is 1. The summed E-state index contributed by atoms with van der Waals surface area (Å²) < 4.78 is 12.6. The second-order valence-corrected chi connectivity index (χ2v) is 36.0. The number of nitrogens with one attached hydrogen (secondary N) is 1. The predicted octanol–water partition coefficient (Wildman–Crippen LogP) is 18.8. The number of carbonyl (C=O) groups excluding carboxylic acids is 2. The fourth-order valence-electron chi connectivity index (χ4n) is 25.4. The molecule has 98 heavy (non-hydrogen) atoms. The van der Waals surface area contributed by atoms with E-state index in [-0.39, 0.29) is 30.5 Å². The smallest absolute Gasteiger partial charge is 0.328 e. The Kier molecular flexibility index (Phi) is 20.9. The molecule has 14 heteroatoms. The highest BCUT2D eigenvalue weighted by molar-refractivity contribution is 6.10. The van der Waals surface area contributed by atoms with Gasteiger partial charge in [0, 0.05) is 64.9 Å². The summed E-state index contributed by atoms with van der Waals surface area (Å²) in [5, 5.41) is 34.2. The molecule has 9 fully saturated rings. The third-order valence-corrected chi connectivity index (χ3v) is 30.8. The van der Waals surface area contributed by atoms with E-state index in [0.717, 1.165) is 147 Å². The molecule has 5 aromatic rings. The minimum Gasteiger partial charge on any atom is -0.481 e. The molecule has 4 N–H and O–H groups in total. The Bertz CT molecular complexity index is 3580. The zero-order chi connectivity index (χ0) is 68.1. The van der Waals surface area contributed by atoms with Crippen molar-refractivity contribution >= 4 is 39.7 Å². The molecule has 9 aliphatic rings. The Morgan fingerprint density at radius 3 is 1.89 bits per heavy atom. The third kappa shape index (κ3) is 13.8. The van der Waals surface area contributed by atoms with Crippen LogP contribution in [0.5, 0.6) is 0 Å². The first-order valence-electron chi connectivity index (χ1n) is 40.6. The largest absolute Gasteiger partial charge is 0.481 e. The van der Waals surface area contributed by atoms with E-state index >= 15 is 0 Å². The number of esters is 1. The van der Waals surface area contributed by atoms with Gasteiger partial charge in [0.05, 0.1) is 12.4 Å². The summed E-state index contributed by atoms with van der Waals surface area (Å²) in [6.45, 7) is 20.3. The Balaban J connectivity index is 0.578. The van der Waals surface area contributed by atoms with Crippen LogP contribution in [0.15, 0.2) is 48.8 Å². The molecular formula is C84H125N9O5. The van der Waals surface area contributed by atoms with E-state index in [0.29, 0.717) is 82.6 Å². The monoisotopic (exact) mass is 1340 g/mol.